The number of unbranched alkanes of at least 4 members (excludes halogenated alkanes) is 9. The van der Waals surface area contributed by atoms with E-state index < -0.39 is 12.4 Å². The zero-order valence-corrected chi connectivity index (χ0v) is 21.6. The number of aliphatic hydroxyl groups excluding tert-OH is 1. The molecule has 0 aliphatic rings. The summed E-state index contributed by atoms with van der Waals surface area (Å²) < 4.78 is 11.2. The first-order valence-electron chi connectivity index (χ1n) is 13.2. The molecule has 1 heterocycles. The highest BCUT2D eigenvalue weighted by molar-refractivity contribution is 5.84. The molecular weight excluding hydrogens is 472 g/mol. The first-order chi connectivity index (χ1) is 17.9. The lowest BCUT2D eigenvalue weighted by Crippen LogP contribution is -2.15. The molecule has 3 rings (SSSR count). The van der Waals surface area contributed by atoms with Crippen molar-refractivity contribution in [3.63, 3.8) is 0 Å². The standard InChI is InChI=1S/C30H38O7/c1-36-27-19-22(14-15-25(27)32)30-24(20-28(33)34)29(35)23-18-21(13-16-26(23)37-30)12-10-8-6-4-2-3-5-7-9-11-17-31/h13-16,18-19,31-32H,2-12,17,20H2,1H3,(H,33,34). The van der Waals surface area contributed by atoms with E-state index in [0.717, 1.165) is 37.7 Å². The lowest BCUT2D eigenvalue weighted by Gasteiger charge is -2.12. The van der Waals surface area contributed by atoms with Gasteiger partial charge in [-0.2, -0.15) is 0 Å². The summed E-state index contributed by atoms with van der Waals surface area (Å²) in [5.41, 5.74) is 1.60. The molecule has 2 aromatic carbocycles. The van der Waals surface area contributed by atoms with E-state index in [-0.39, 0.29) is 28.3 Å². The van der Waals surface area contributed by atoms with Gasteiger partial charge in [-0.05, 0) is 55.2 Å². The van der Waals surface area contributed by atoms with Crippen molar-refractivity contribution in [1.82, 2.24) is 0 Å². The minimum Gasteiger partial charge on any atom is -0.504 e. The average molecular weight is 511 g/mol. The Bertz CT molecular complexity index is 1230. The summed E-state index contributed by atoms with van der Waals surface area (Å²) >= 11 is 0. The molecule has 0 saturated heterocycles. The van der Waals surface area contributed by atoms with E-state index in [4.69, 9.17) is 14.3 Å². The number of aliphatic hydroxyl groups is 1. The van der Waals surface area contributed by atoms with Gasteiger partial charge in [-0.15, -0.1) is 0 Å². The van der Waals surface area contributed by atoms with Crippen molar-refractivity contribution < 1.29 is 29.3 Å². The smallest absolute Gasteiger partial charge is 0.308 e. The van der Waals surface area contributed by atoms with Crippen molar-refractivity contribution in [3.05, 3.63) is 57.7 Å². The van der Waals surface area contributed by atoms with Crippen LogP contribution >= 0.6 is 0 Å². The van der Waals surface area contributed by atoms with Gasteiger partial charge in [0.25, 0.3) is 0 Å². The molecule has 0 unspecified atom stereocenters. The predicted molar refractivity (Wildman–Crippen MR) is 144 cm³/mol. The van der Waals surface area contributed by atoms with E-state index in [9.17, 15) is 19.8 Å². The van der Waals surface area contributed by atoms with Crippen LogP contribution in [0.4, 0.5) is 0 Å². The van der Waals surface area contributed by atoms with Crippen LogP contribution in [0.2, 0.25) is 0 Å². The molecule has 0 aliphatic heterocycles. The molecule has 7 nitrogen and oxygen atoms in total. The van der Waals surface area contributed by atoms with Gasteiger partial charge in [0.2, 0.25) is 0 Å². The minimum absolute atomic E-state index is 0.0620. The molecule has 0 radical (unpaired) electrons. The zero-order valence-electron chi connectivity index (χ0n) is 21.6. The molecule has 1 aromatic heterocycles. The number of carboxylic acids is 1. The molecule has 0 fully saturated rings. The number of ether oxygens (including phenoxy) is 1. The van der Waals surface area contributed by atoms with Gasteiger partial charge in [0.05, 0.1) is 24.5 Å². The number of methoxy groups -OCH3 is 1. The number of phenols is 1. The number of benzene rings is 2. The van der Waals surface area contributed by atoms with Crippen LogP contribution in [0.3, 0.4) is 0 Å². The van der Waals surface area contributed by atoms with Crippen molar-refractivity contribution >= 4 is 16.9 Å². The number of phenolic OH excluding ortho intramolecular Hbond substituents is 1. The maximum atomic E-state index is 13.4. The topological polar surface area (TPSA) is 117 Å². The number of aromatic hydroxyl groups is 1. The number of aliphatic carboxylic acids is 1. The highest BCUT2D eigenvalue weighted by Gasteiger charge is 2.20. The number of hydrogen-bond acceptors (Lipinski definition) is 6. The van der Waals surface area contributed by atoms with Gasteiger partial charge in [-0.25, -0.2) is 0 Å². The fourth-order valence-electron chi connectivity index (χ4n) is 4.66. The van der Waals surface area contributed by atoms with Gasteiger partial charge in [0.1, 0.15) is 11.3 Å². The normalized spacial score (nSPS) is 11.2. The Kier molecular flexibility index (Phi) is 11.0. The Hall–Kier alpha value is -3.32. The van der Waals surface area contributed by atoms with Gasteiger partial charge >= 0.3 is 5.97 Å². The third kappa shape index (κ3) is 8.09. The first kappa shape index (κ1) is 28.3. The van der Waals surface area contributed by atoms with E-state index in [1.165, 1.54) is 57.8 Å². The summed E-state index contributed by atoms with van der Waals surface area (Å²) in [6.07, 6.45) is 11.9. The molecule has 0 bridgehead atoms. The lowest BCUT2D eigenvalue weighted by molar-refractivity contribution is -0.136. The number of hydrogen-bond donors (Lipinski definition) is 3. The zero-order chi connectivity index (χ0) is 26.6. The second-order valence-electron chi connectivity index (χ2n) is 9.54. The van der Waals surface area contributed by atoms with Crippen LogP contribution in [0.15, 0.2) is 45.6 Å². The van der Waals surface area contributed by atoms with Crippen LogP contribution < -0.4 is 10.2 Å². The Labute approximate surface area is 217 Å². The molecule has 7 heteroatoms. The fraction of sp³-hybridized carbons (Fsp3) is 0.467. The maximum absolute atomic E-state index is 13.4. The van der Waals surface area contributed by atoms with Crippen molar-refractivity contribution in [1.29, 1.82) is 0 Å². The minimum atomic E-state index is -1.13. The number of fused-ring (bicyclic) bond motifs is 1. The van der Waals surface area contributed by atoms with E-state index in [1.54, 1.807) is 12.1 Å². The molecule has 0 atom stereocenters. The molecule has 3 N–H and O–H groups in total. The Morgan fingerprint density at radius 1 is 0.892 bits per heavy atom. The summed E-state index contributed by atoms with van der Waals surface area (Å²) in [7, 11) is 1.41. The average Bonchev–Trinajstić information content (AvgIpc) is 2.89. The van der Waals surface area contributed by atoms with E-state index >= 15 is 0 Å². The summed E-state index contributed by atoms with van der Waals surface area (Å²) in [6.45, 7) is 0.294. The van der Waals surface area contributed by atoms with Crippen LogP contribution in [0.25, 0.3) is 22.3 Å². The largest absolute Gasteiger partial charge is 0.504 e. The number of carboxylic acid groups (broad SMARTS) is 1. The van der Waals surface area contributed by atoms with E-state index in [2.05, 4.69) is 0 Å². The SMILES string of the molecule is COc1cc(-c2oc3ccc(CCCCCCCCCCCCO)cc3c(=O)c2CC(=O)O)ccc1O. The van der Waals surface area contributed by atoms with E-state index in [0.29, 0.717) is 23.1 Å². The summed E-state index contributed by atoms with van der Waals surface area (Å²) in [4.78, 5) is 24.9. The van der Waals surface area contributed by atoms with Crippen molar-refractivity contribution in [2.45, 2.75) is 77.0 Å². The van der Waals surface area contributed by atoms with Gasteiger partial charge in [0.15, 0.2) is 16.9 Å². The summed E-state index contributed by atoms with van der Waals surface area (Å²) in [5, 5.41) is 28.5. The quantitative estimate of drug-likeness (QED) is 0.195. The number of carbonyl (C=O) groups is 1. The highest BCUT2D eigenvalue weighted by Crippen LogP contribution is 2.34. The van der Waals surface area contributed by atoms with Gasteiger partial charge < -0.3 is 24.5 Å². The van der Waals surface area contributed by atoms with Crippen LogP contribution in [0.5, 0.6) is 11.5 Å². The summed E-state index contributed by atoms with van der Waals surface area (Å²) in [6, 6.07) is 10.1. The molecule has 37 heavy (non-hydrogen) atoms. The second-order valence-corrected chi connectivity index (χ2v) is 9.54. The number of aryl methyl sites for hydroxylation is 1. The van der Waals surface area contributed by atoms with Crippen LogP contribution in [0, 0.1) is 0 Å². The molecule has 3 aromatic rings. The molecule has 0 spiro atoms. The molecule has 0 aliphatic carbocycles. The Balaban J connectivity index is 1.67. The van der Waals surface area contributed by atoms with Crippen molar-refractivity contribution in [2.75, 3.05) is 13.7 Å². The van der Waals surface area contributed by atoms with Gasteiger partial charge in [-0.1, -0.05) is 57.4 Å². The Morgan fingerprint density at radius 2 is 1.54 bits per heavy atom. The number of rotatable bonds is 16. The molecular formula is C30H38O7. The highest BCUT2D eigenvalue weighted by atomic mass is 16.5. The van der Waals surface area contributed by atoms with E-state index in [1.807, 2.05) is 12.1 Å². The molecule has 0 saturated carbocycles. The monoisotopic (exact) mass is 510 g/mol. The molecule has 200 valence electrons. The lowest BCUT2D eigenvalue weighted by atomic mass is 9.99. The Morgan fingerprint density at radius 3 is 2.16 bits per heavy atom. The van der Waals surface area contributed by atoms with Crippen LogP contribution in [-0.2, 0) is 17.6 Å². The van der Waals surface area contributed by atoms with Crippen molar-refractivity contribution in [2.24, 2.45) is 0 Å². The van der Waals surface area contributed by atoms with Crippen molar-refractivity contribution in [3.8, 4) is 22.8 Å². The van der Waals surface area contributed by atoms with Gasteiger partial charge in [0, 0.05) is 12.2 Å². The van der Waals surface area contributed by atoms with Crippen LogP contribution in [-0.4, -0.2) is 35.0 Å². The summed E-state index contributed by atoms with van der Waals surface area (Å²) in [5.74, 6) is -0.817. The fourth-order valence-corrected chi connectivity index (χ4v) is 4.66. The first-order valence-corrected chi connectivity index (χ1v) is 13.2. The van der Waals surface area contributed by atoms with Crippen LogP contribution in [0.1, 0.15) is 75.3 Å². The molecule has 0 amide bonds. The third-order valence-electron chi connectivity index (χ3n) is 6.69. The van der Waals surface area contributed by atoms with Gasteiger partial charge in [-0.3, -0.25) is 9.59 Å². The third-order valence-corrected chi connectivity index (χ3v) is 6.69. The maximum Gasteiger partial charge on any atom is 0.308 e. The second kappa shape index (κ2) is 14.4. The predicted octanol–water partition coefficient (Wildman–Crippen LogP) is 6.24.